The molecule has 4 nitrogen and oxygen atoms in total. The molecule has 0 unspecified atom stereocenters. The number of nitrogens with one attached hydrogen (secondary N) is 1. The Hall–Kier alpha value is -2.07. The van der Waals surface area contributed by atoms with Crippen LogP contribution >= 0.6 is 0 Å². The quantitative estimate of drug-likeness (QED) is 0.827. The van der Waals surface area contributed by atoms with Crippen LogP contribution in [0.2, 0.25) is 0 Å². The summed E-state index contributed by atoms with van der Waals surface area (Å²) < 4.78 is 5.65. The van der Waals surface area contributed by atoms with Gasteiger partial charge in [-0.2, -0.15) is 0 Å². The second kappa shape index (κ2) is 6.83. The molecular weight excluding hydrogens is 336 g/mol. The van der Waals surface area contributed by atoms with Crippen molar-refractivity contribution in [2.75, 3.05) is 6.54 Å². The molecule has 4 aliphatic rings. The van der Waals surface area contributed by atoms with Gasteiger partial charge in [0.25, 0.3) is 5.91 Å². The van der Waals surface area contributed by atoms with Crippen molar-refractivity contribution >= 4 is 5.91 Å². The molecule has 4 bridgehead atoms. The predicted octanol–water partition coefficient (Wildman–Crippen LogP) is 3.02. The van der Waals surface area contributed by atoms with Crippen molar-refractivity contribution in [1.29, 1.82) is 0 Å². The van der Waals surface area contributed by atoms with Crippen LogP contribution in [0, 0.1) is 17.8 Å². The summed E-state index contributed by atoms with van der Waals surface area (Å²) in [7, 11) is 0. The first-order valence-corrected chi connectivity index (χ1v) is 10.4. The number of benzene rings is 1. The zero-order chi connectivity index (χ0) is 18.3. The maximum atomic E-state index is 12.9. The predicted molar refractivity (Wildman–Crippen MR) is 103 cm³/mol. The molecule has 0 spiro atoms. The van der Waals surface area contributed by atoms with Gasteiger partial charge in [0, 0.05) is 11.1 Å². The SMILES string of the molecule is O=C(C[NH2+][C@@H](c1ccccc1)c1ccco1)NC12CC3CC(CC(C3)C1)C2. The summed E-state index contributed by atoms with van der Waals surface area (Å²) in [4.78, 5) is 12.9. The molecule has 1 aromatic heterocycles. The fourth-order valence-electron chi connectivity index (χ4n) is 6.38. The van der Waals surface area contributed by atoms with Gasteiger partial charge >= 0.3 is 0 Å². The summed E-state index contributed by atoms with van der Waals surface area (Å²) in [6.45, 7) is 0.433. The third-order valence-corrected chi connectivity index (χ3v) is 6.99. The van der Waals surface area contributed by atoms with E-state index in [1.807, 2.05) is 30.3 Å². The van der Waals surface area contributed by atoms with E-state index in [0.717, 1.165) is 29.1 Å². The fourth-order valence-corrected chi connectivity index (χ4v) is 6.38. The molecule has 142 valence electrons. The van der Waals surface area contributed by atoms with E-state index in [-0.39, 0.29) is 17.5 Å². The molecule has 1 heterocycles. The zero-order valence-electron chi connectivity index (χ0n) is 15.8. The largest absolute Gasteiger partial charge is 0.463 e. The van der Waals surface area contributed by atoms with Crippen molar-refractivity contribution < 1.29 is 14.5 Å². The van der Waals surface area contributed by atoms with Crippen LogP contribution in [0.15, 0.2) is 53.1 Å². The monoisotopic (exact) mass is 365 g/mol. The first-order chi connectivity index (χ1) is 13.2. The zero-order valence-corrected chi connectivity index (χ0v) is 15.8. The Morgan fingerprint density at radius 2 is 1.70 bits per heavy atom. The van der Waals surface area contributed by atoms with Crippen molar-refractivity contribution in [3.63, 3.8) is 0 Å². The van der Waals surface area contributed by atoms with Crippen molar-refractivity contribution in [1.82, 2.24) is 5.32 Å². The van der Waals surface area contributed by atoms with Gasteiger partial charge in [-0.1, -0.05) is 30.3 Å². The third-order valence-electron chi connectivity index (χ3n) is 6.99. The molecule has 3 N–H and O–H groups in total. The van der Waals surface area contributed by atoms with Crippen LogP contribution < -0.4 is 10.6 Å². The van der Waals surface area contributed by atoms with Crippen molar-refractivity contribution in [2.24, 2.45) is 17.8 Å². The number of hydrogen-bond donors (Lipinski definition) is 2. The van der Waals surface area contributed by atoms with Crippen LogP contribution in [0.25, 0.3) is 0 Å². The van der Waals surface area contributed by atoms with E-state index >= 15 is 0 Å². The molecule has 1 amide bonds. The highest BCUT2D eigenvalue weighted by molar-refractivity contribution is 5.77. The Morgan fingerprint density at radius 1 is 1.04 bits per heavy atom. The highest BCUT2D eigenvalue weighted by Gasteiger charge is 2.51. The average molecular weight is 365 g/mol. The molecule has 1 aromatic carbocycles. The van der Waals surface area contributed by atoms with Gasteiger partial charge in [0.15, 0.2) is 18.3 Å². The Balaban J connectivity index is 1.25. The lowest BCUT2D eigenvalue weighted by molar-refractivity contribution is -0.678. The maximum Gasteiger partial charge on any atom is 0.275 e. The third kappa shape index (κ3) is 3.43. The first-order valence-electron chi connectivity index (χ1n) is 10.4. The van der Waals surface area contributed by atoms with Crippen LogP contribution in [-0.4, -0.2) is 18.0 Å². The average Bonchev–Trinajstić information content (AvgIpc) is 3.15. The van der Waals surface area contributed by atoms with Crippen LogP contribution in [0.4, 0.5) is 0 Å². The lowest BCUT2D eigenvalue weighted by Crippen LogP contribution is -2.88. The summed E-state index contributed by atoms with van der Waals surface area (Å²) in [5, 5.41) is 5.58. The standard InChI is InChI=1S/C23H28N2O2/c26-21(25-23-12-16-9-17(13-23)11-18(10-16)14-23)15-24-22(20-7-4-8-27-20)19-5-2-1-3-6-19/h1-8,16-18,22,24H,9-15H2,(H,25,26)/p+1/t16?,17?,18?,22-,23?/m0/s1. The smallest absolute Gasteiger partial charge is 0.275 e. The van der Waals surface area contributed by atoms with E-state index in [1.165, 1.54) is 38.5 Å². The second-order valence-corrected chi connectivity index (χ2v) is 9.09. The van der Waals surface area contributed by atoms with Gasteiger partial charge in [0.2, 0.25) is 0 Å². The minimum atomic E-state index is 0.0170. The first kappa shape index (κ1) is 17.1. The highest BCUT2D eigenvalue weighted by Crippen LogP contribution is 2.55. The summed E-state index contributed by atoms with van der Waals surface area (Å²) in [5.41, 5.74) is 1.25. The van der Waals surface area contributed by atoms with Gasteiger partial charge in [-0.05, 0) is 68.4 Å². The minimum Gasteiger partial charge on any atom is -0.463 e. The maximum absolute atomic E-state index is 12.9. The summed E-state index contributed by atoms with van der Waals surface area (Å²) in [6, 6.07) is 14.2. The number of quaternary nitrogens is 1. The lowest BCUT2D eigenvalue weighted by Gasteiger charge is -2.56. The molecule has 6 rings (SSSR count). The minimum absolute atomic E-state index is 0.0170. The van der Waals surface area contributed by atoms with E-state index < -0.39 is 0 Å². The number of hydrogen-bond acceptors (Lipinski definition) is 2. The summed E-state index contributed by atoms with van der Waals surface area (Å²) in [5.74, 6) is 3.61. The second-order valence-electron chi connectivity index (χ2n) is 9.09. The van der Waals surface area contributed by atoms with Gasteiger partial charge in [-0.15, -0.1) is 0 Å². The molecule has 2 aromatic rings. The molecule has 4 saturated carbocycles. The number of amides is 1. The Morgan fingerprint density at radius 3 is 2.30 bits per heavy atom. The Bertz CT molecular complexity index is 749. The Labute approximate surface area is 160 Å². The highest BCUT2D eigenvalue weighted by atomic mass is 16.3. The van der Waals surface area contributed by atoms with Gasteiger partial charge in [0.1, 0.15) is 0 Å². The van der Waals surface area contributed by atoms with Crippen LogP contribution in [0.5, 0.6) is 0 Å². The Kier molecular flexibility index (Phi) is 4.31. The van der Waals surface area contributed by atoms with E-state index in [9.17, 15) is 4.79 Å². The fraction of sp³-hybridized carbons (Fsp3) is 0.522. The number of nitrogens with two attached hydrogens (primary N) is 1. The van der Waals surface area contributed by atoms with E-state index in [0.29, 0.717) is 6.54 Å². The van der Waals surface area contributed by atoms with Gasteiger partial charge in [-0.25, -0.2) is 0 Å². The number of carbonyl (C=O) groups is 1. The molecule has 4 fully saturated rings. The normalized spacial score (nSPS) is 32.4. The molecule has 0 aliphatic heterocycles. The van der Waals surface area contributed by atoms with E-state index in [2.05, 4.69) is 22.8 Å². The number of carbonyl (C=O) groups excluding carboxylic acids is 1. The molecule has 0 saturated heterocycles. The number of rotatable bonds is 6. The molecule has 4 aliphatic carbocycles. The molecule has 0 radical (unpaired) electrons. The van der Waals surface area contributed by atoms with Crippen LogP contribution in [0.1, 0.15) is 55.9 Å². The molecule has 1 atom stereocenters. The summed E-state index contributed by atoms with van der Waals surface area (Å²) in [6.07, 6.45) is 9.50. The van der Waals surface area contributed by atoms with Crippen LogP contribution in [0.3, 0.4) is 0 Å². The summed E-state index contributed by atoms with van der Waals surface area (Å²) >= 11 is 0. The van der Waals surface area contributed by atoms with E-state index in [1.54, 1.807) is 6.26 Å². The molecule has 4 heteroatoms. The van der Waals surface area contributed by atoms with Gasteiger partial charge in [-0.3, -0.25) is 4.79 Å². The van der Waals surface area contributed by atoms with Crippen LogP contribution in [-0.2, 0) is 4.79 Å². The van der Waals surface area contributed by atoms with Crippen molar-refractivity contribution in [2.45, 2.75) is 50.1 Å². The van der Waals surface area contributed by atoms with Crippen molar-refractivity contribution in [3.8, 4) is 0 Å². The molecular formula is C23H29N2O2+. The number of furan rings is 1. The van der Waals surface area contributed by atoms with Crippen molar-refractivity contribution in [3.05, 3.63) is 60.1 Å². The van der Waals surface area contributed by atoms with E-state index in [4.69, 9.17) is 4.42 Å². The lowest BCUT2D eigenvalue weighted by atomic mass is 9.53. The van der Waals surface area contributed by atoms with Gasteiger partial charge in [0.05, 0.1) is 6.26 Å². The van der Waals surface area contributed by atoms with Gasteiger partial charge < -0.3 is 15.1 Å². The molecule has 27 heavy (non-hydrogen) atoms. The topological polar surface area (TPSA) is 58.9 Å².